The molecule has 7 heteroatoms. The van der Waals surface area contributed by atoms with Crippen molar-refractivity contribution in [1.29, 1.82) is 0 Å². The largest absolute Gasteiger partial charge is 0.325 e. The molecule has 2 aromatic rings. The second kappa shape index (κ2) is 10.5. The topological polar surface area (TPSA) is 96.0 Å². The van der Waals surface area contributed by atoms with E-state index in [1.54, 1.807) is 12.4 Å². The highest BCUT2D eigenvalue weighted by molar-refractivity contribution is 6.31. The van der Waals surface area contributed by atoms with E-state index in [0.717, 1.165) is 43.0 Å². The number of nitrogens with two attached hydrogens (primary N) is 1. The van der Waals surface area contributed by atoms with E-state index < -0.39 is 0 Å². The fourth-order valence-corrected chi connectivity index (χ4v) is 3.43. The van der Waals surface area contributed by atoms with Crippen LogP contribution in [0, 0.1) is 0 Å². The van der Waals surface area contributed by atoms with Gasteiger partial charge in [0.15, 0.2) is 0 Å². The van der Waals surface area contributed by atoms with E-state index in [2.05, 4.69) is 25.3 Å². The third-order valence-corrected chi connectivity index (χ3v) is 5.09. The number of anilines is 1. The average Bonchev–Trinajstić information content (AvgIpc) is 2.78. The zero-order chi connectivity index (χ0) is 20.5. The van der Waals surface area contributed by atoms with Crippen molar-refractivity contribution in [3.63, 3.8) is 0 Å². The highest BCUT2D eigenvalue weighted by atomic mass is 16.1. The molecule has 0 unspecified atom stereocenters. The van der Waals surface area contributed by atoms with Crippen molar-refractivity contribution in [2.45, 2.75) is 32.1 Å². The highest BCUT2D eigenvalue weighted by Gasteiger charge is 2.22. The molecular formula is C22H28N6O. The van der Waals surface area contributed by atoms with Gasteiger partial charge in [0.05, 0.1) is 29.5 Å². The Labute approximate surface area is 171 Å². The van der Waals surface area contributed by atoms with Crippen LogP contribution in [-0.2, 0) is 4.79 Å². The minimum absolute atomic E-state index is 0.00420. The van der Waals surface area contributed by atoms with Gasteiger partial charge < -0.3 is 11.2 Å². The number of hydrazone groups is 1. The third kappa shape index (κ3) is 6.22. The monoisotopic (exact) mass is 392 g/mol. The van der Waals surface area contributed by atoms with Gasteiger partial charge in [-0.1, -0.05) is 25.1 Å². The summed E-state index contributed by atoms with van der Waals surface area (Å²) in [5, 5.41) is 6.78. The Morgan fingerprint density at radius 2 is 2.03 bits per heavy atom. The van der Waals surface area contributed by atoms with Crippen LogP contribution in [0.5, 0.6) is 0 Å². The van der Waals surface area contributed by atoms with E-state index in [-0.39, 0.29) is 5.91 Å². The molecule has 29 heavy (non-hydrogen) atoms. The molecule has 1 amide bonds. The molecule has 1 saturated heterocycles. The molecule has 7 nitrogen and oxygen atoms in total. The van der Waals surface area contributed by atoms with Crippen LogP contribution in [0.3, 0.4) is 0 Å². The van der Waals surface area contributed by atoms with Crippen molar-refractivity contribution in [3.05, 3.63) is 54.4 Å². The third-order valence-electron chi connectivity index (χ3n) is 5.09. The number of hydrogen-bond acceptors (Lipinski definition) is 6. The molecular weight excluding hydrogens is 364 g/mol. The van der Waals surface area contributed by atoms with Crippen LogP contribution in [0.1, 0.15) is 37.7 Å². The maximum Gasteiger partial charge on any atom is 0.224 e. The number of amides is 1. The fraction of sp³-hybridized carbons (Fsp3) is 0.364. The standard InChI is InChI=1S/C22H28N6O/c1-2-22(29)26-20-12-18(13-24-14-20)17-8-10-28(11-9-17)16-21(27-23)15-25-19-6-4-3-5-7-19/h3-7,12-15,17H,2,8-11,16,23H2,1H3,(H,26,29). The van der Waals surface area contributed by atoms with Gasteiger partial charge in [-0.3, -0.25) is 19.7 Å². The second-order valence-electron chi connectivity index (χ2n) is 7.17. The van der Waals surface area contributed by atoms with Crippen molar-refractivity contribution in [2.24, 2.45) is 15.9 Å². The van der Waals surface area contributed by atoms with Gasteiger partial charge in [-0.2, -0.15) is 5.10 Å². The zero-order valence-corrected chi connectivity index (χ0v) is 16.8. The van der Waals surface area contributed by atoms with Gasteiger partial charge >= 0.3 is 0 Å². The van der Waals surface area contributed by atoms with Gasteiger partial charge in [0.1, 0.15) is 0 Å². The number of pyridine rings is 1. The minimum Gasteiger partial charge on any atom is -0.325 e. The van der Waals surface area contributed by atoms with Crippen molar-refractivity contribution < 1.29 is 4.79 Å². The molecule has 0 atom stereocenters. The first-order valence-corrected chi connectivity index (χ1v) is 10.0. The number of hydrogen-bond donors (Lipinski definition) is 2. The summed E-state index contributed by atoms with van der Waals surface area (Å²) in [5.74, 6) is 6.01. The molecule has 0 saturated carbocycles. The summed E-state index contributed by atoms with van der Waals surface area (Å²) >= 11 is 0. The van der Waals surface area contributed by atoms with Crippen LogP contribution in [0.15, 0.2) is 58.9 Å². The number of nitrogens with zero attached hydrogens (tertiary/aromatic N) is 4. The van der Waals surface area contributed by atoms with Crippen LogP contribution in [0.2, 0.25) is 0 Å². The quantitative estimate of drug-likeness (QED) is 0.429. The molecule has 1 aliphatic heterocycles. The maximum absolute atomic E-state index is 11.6. The van der Waals surface area contributed by atoms with E-state index in [1.165, 1.54) is 5.56 Å². The van der Waals surface area contributed by atoms with Gasteiger partial charge in [0.25, 0.3) is 0 Å². The Bertz CT molecular complexity index is 857. The summed E-state index contributed by atoms with van der Waals surface area (Å²) in [4.78, 5) is 22.7. The van der Waals surface area contributed by atoms with Gasteiger partial charge in [0.2, 0.25) is 5.91 Å². The van der Waals surface area contributed by atoms with Gasteiger partial charge in [-0.25, -0.2) is 0 Å². The molecule has 152 valence electrons. The van der Waals surface area contributed by atoms with Crippen LogP contribution in [0.4, 0.5) is 11.4 Å². The molecule has 0 aliphatic carbocycles. The number of likely N-dealkylation sites (tertiary alicyclic amines) is 1. The summed E-state index contributed by atoms with van der Waals surface area (Å²) in [5.41, 5.74) is 3.59. The molecule has 1 aromatic heterocycles. The first-order valence-electron chi connectivity index (χ1n) is 10.0. The lowest BCUT2D eigenvalue weighted by molar-refractivity contribution is -0.115. The van der Waals surface area contributed by atoms with Crippen molar-refractivity contribution in [2.75, 3.05) is 25.0 Å². The van der Waals surface area contributed by atoms with Crippen LogP contribution in [-0.4, -0.2) is 47.4 Å². The summed E-state index contributed by atoms with van der Waals surface area (Å²) < 4.78 is 0. The maximum atomic E-state index is 11.6. The number of rotatable bonds is 7. The number of benzene rings is 1. The van der Waals surface area contributed by atoms with E-state index >= 15 is 0 Å². The lowest BCUT2D eigenvalue weighted by atomic mass is 9.90. The van der Waals surface area contributed by atoms with Crippen molar-refractivity contribution in [1.82, 2.24) is 9.88 Å². The van der Waals surface area contributed by atoms with Crippen molar-refractivity contribution in [3.8, 4) is 0 Å². The molecule has 3 N–H and O–H groups in total. The van der Waals surface area contributed by atoms with E-state index in [0.29, 0.717) is 18.9 Å². The number of nitrogens with one attached hydrogen (secondary N) is 1. The van der Waals surface area contributed by atoms with Crippen molar-refractivity contribution >= 4 is 29.2 Å². The average molecular weight is 393 g/mol. The van der Waals surface area contributed by atoms with E-state index in [1.807, 2.05) is 49.5 Å². The fourth-order valence-electron chi connectivity index (χ4n) is 3.43. The molecule has 3 rings (SSSR count). The molecule has 1 aromatic carbocycles. The number of aromatic nitrogens is 1. The Hall–Kier alpha value is -3.06. The second-order valence-corrected chi connectivity index (χ2v) is 7.17. The number of carbonyl (C=O) groups excluding carboxylic acids is 1. The molecule has 1 fully saturated rings. The van der Waals surface area contributed by atoms with E-state index in [9.17, 15) is 4.79 Å². The Kier molecular flexibility index (Phi) is 7.47. The molecule has 2 heterocycles. The first kappa shape index (κ1) is 20.7. The summed E-state index contributed by atoms with van der Waals surface area (Å²) in [6.45, 7) is 4.43. The number of aliphatic imine (C=N–C) groups is 1. The van der Waals surface area contributed by atoms with E-state index in [4.69, 9.17) is 5.84 Å². The molecule has 0 bridgehead atoms. The highest BCUT2D eigenvalue weighted by Crippen LogP contribution is 2.28. The smallest absolute Gasteiger partial charge is 0.224 e. The molecule has 0 radical (unpaired) electrons. The number of para-hydroxylation sites is 1. The minimum atomic E-state index is 0.00420. The summed E-state index contributed by atoms with van der Waals surface area (Å²) in [6, 6.07) is 11.8. The molecule has 1 aliphatic rings. The van der Waals surface area contributed by atoms with Crippen LogP contribution in [0.25, 0.3) is 0 Å². The summed E-state index contributed by atoms with van der Waals surface area (Å²) in [6.07, 6.45) is 7.86. The Balaban J connectivity index is 1.53. The van der Waals surface area contributed by atoms with Gasteiger partial charge in [0, 0.05) is 19.2 Å². The number of carbonyl (C=O) groups is 1. The summed E-state index contributed by atoms with van der Waals surface area (Å²) in [7, 11) is 0. The normalized spacial score (nSPS) is 16.2. The van der Waals surface area contributed by atoms with Gasteiger partial charge in [-0.15, -0.1) is 0 Å². The predicted molar refractivity (Wildman–Crippen MR) is 118 cm³/mol. The first-order chi connectivity index (χ1) is 14.2. The SMILES string of the molecule is CCC(=O)Nc1cncc(C2CCN(CC(C=Nc3ccccc3)=NN)CC2)c1. The zero-order valence-electron chi connectivity index (χ0n) is 16.8. The van der Waals surface area contributed by atoms with Crippen LogP contribution >= 0.6 is 0 Å². The Morgan fingerprint density at radius 1 is 1.28 bits per heavy atom. The van der Waals surface area contributed by atoms with Gasteiger partial charge in [-0.05, 0) is 55.6 Å². The lowest BCUT2D eigenvalue weighted by Crippen LogP contribution is -2.37. The number of piperidine rings is 1. The van der Waals surface area contributed by atoms with Crippen LogP contribution < -0.4 is 11.2 Å². The predicted octanol–water partition coefficient (Wildman–Crippen LogP) is 3.33. The Morgan fingerprint density at radius 3 is 2.72 bits per heavy atom. The lowest BCUT2D eigenvalue weighted by Gasteiger charge is -2.31. The molecule has 0 spiro atoms.